The number of carbonyl (C=O) groups is 1. The fourth-order valence-electron chi connectivity index (χ4n) is 2.10. The standard InChI is InChI=1S/C17H22NO5P/c1-12(2)22-17(19)13(3)18-24(20,21-4)23-16-10-9-14-7-5-6-8-15(14)11-16/h5-13H,1-4H3,(H,18,20). The lowest BCUT2D eigenvalue weighted by Gasteiger charge is -2.22. The molecule has 0 radical (unpaired) electrons. The maximum Gasteiger partial charge on any atom is 0.459 e. The predicted molar refractivity (Wildman–Crippen MR) is 93.0 cm³/mol. The summed E-state index contributed by atoms with van der Waals surface area (Å²) >= 11 is 0. The van der Waals surface area contributed by atoms with Crippen molar-refractivity contribution in [3.63, 3.8) is 0 Å². The first-order chi connectivity index (χ1) is 11.3. The fourth-order valence-corrected chi connectivity index (χ4v) is 3.31. The average Bonchev–Trinajstić information content (AvgIpc) is 2.54. The van der Waals surface area contributed by atoms with Gasteiger partial charge >= 0.3 is 13.7 Å². The van der Waals surface area contributed by atoms with E-state index in [9.17, 15) is 9.36 Å². The van der Waals surface area contributed by atoms with Crippen LogP contribution in [0.3, 0.4) is 0 Å². The molecule has 0 spiro atoms. The zero-order valence-corrected chi connectivity index (χ0v) is 15.1. The Balaban J connectivity index is 2.13. The van der Waals surface area contributed by atoms with Gasteiger partial charge in [-0.2, -0.15) is 5.09 Å². The molecule has 0 fully saturated rings. The SMILES string of the molecule is COP(=O)(NC(C)C(=O)OC(C)C)Oc1ccc2ccccc2c1. The maximum atomic E-state index is 12.7. The number of esters is 1. The van der Waals surface area contributed by atoms with E-state index in [1.165, 1.54) is 7.11 Å². The van der Waals surface area contributed by atoms with Crippen molar-refractivity contribution < 1.29 is 23.1 Å². The molecule has 130 valence electrons. The van der Waals surface area contributed by atoms with Crippen molar-refractivity contribution in [1.29, 1.82) is 0 Å². The highest BCUT2D eigenvalue weighted by Gasteiger charge is 2.31. The number of nitrogens with one attached hydrogen (secondary N) is 1. The van der Waals surface area contributed by atoms with Crippen LogP contribution in [0.4, 0.5) is 0 Å². The molecule has 7 heteroatoms. The lowest BCUT2D eigenvalue weighted by molar-refractivity contribution is -0.149. The number of benzene rings is 2. The van der Waals surface area contributed by atoms with E-state index >= 15 is 0 Å². The molecule has 0 heterocycles. The summed E-state index contributed by atoms with van der Waals surface area (Å²) in [5.41, 5.74) is 0. The number of fused-ring (bicyclic) bond motifs is 1. The Labute approximate surface area is 141 Å². The summed E-state index contributed by atoms with van der Waals surface area (Å²) in [5, 5.41) is 4.57. The summed E-state index contributed by atoms with van der Waals surface area (Å²) in [6.07, 6.45) is -0.259. The van der Waals surface area contributed by atoms with E-state index in [2.05, 4.69) is 5.09 Å². The molecule has 2 rings (SSSR count). The Hall–Kier alpha value is -1.88. The molecule has 24 heavy (non-hydrogen) atoms. The third kappa shape index (κ3) is 4.81. The minimum absolute atomic E-state index is 0.259. The summed E-state index contributed by atoms with van der Waals surface area (Å²) in [4.78, 5) is 11.9. The van der Waals surface area contributed by atoms with Crippen molar-refractivity contribution in [2.75, 3.05) is 7.11 Å². The summed E-state index contributed by atoms with van der Waals surface area (Å²) in [5.74, 6) is -0.139. The molecule has 6 nitrogen and oxygen atoms in total. The molecule has 0 bridgehead atoms. The molecule has 0 aromatic heterocycles. The van der Waals surface area contributed by atoms with Crippen LogP contribution in [-0.4, -0.2) is 25.2 Å². The Morgan fingerprint density at radius 1 is 1.08 bits per heavy atom. The van der Waals surface area contributed by atoms with Crippen LogP contribution in [0.1, 0.15) is 20.8 Å². The number of hydrogen-bond acceptors (Lipinski definition) is 5. The molecule has 1 N–H and O–H groups in total. The van der Waals surface area contributed by atoms with E-state index in [1.807, 2.05) is 30.3 Å². The molecule has 2 aromatic carbocycles. The topological polar surface area (TPSA) is 73.9 Å². The number of hydrogen-bond donors (Lipinski definition) is 1. The van der Waals surface area contributed by atoms with Gasteiger partial charge in [0.25, 0.3) is 0 Å². The molecule has 2 aromatic rings. The van der Waals surface area contributed by atoms with Crippen LogP contribution in [0.15, 0.2) is 42.5 Å². The highest BCUT2D eigenvalue weighted by atomic mass is 31.2. The van der Waals surface area contributed by atoms with Crippen LogP contribution >= 0.6 is 7.75 Å². The van der Waals surface area contributed by atoms with Gasteiger partial charge in [0, 0.05) is 7.11 Å². The first-order valence-corrected chi connectivity index (χ1v) is 9.20. The molecule has 0 saturated carbocycles. The van der Waals surface area contributed by atoms with Gasteiger partial charge in [-0.3, -0.25) is 9.32 Å². The smallest absolute Gasteiger partial charge is 0.459 e. The van der Waals surface area contributed by atoms with Crippen LogP contribution in [0.25, 0.3) is 10.8 Å². The quantitative estimate of drug-likeness (QED) is 0.602. The lowest BCUT2D eigenvalue weighted by Crippen LogP contribution is -2.36. The van der Waals surface area contributed by atoms with Crippen molar-refractivity contribution >= 4 is 24.5 Å². The molecule has 0 aliphatic rings. The molecule has 2 atom stereocenters. The number of carbonyl (C=O) groups excluding carboxylic acids is 1. The van der Waals surface area contributed by atoms with E-state index in [1.54, 1.807) is 32.9 Å². The molecule has 0 saturated heterocycles. The van der Waals surface area contributed by atoms with Gasteiger partial charge < -0.3 is 9.26 Å². The third-order valence-electron chi connectivity index (χ3n) is 3.24. The largest absolute Gasteiger partial charge is 0.462 e. The van der Waals surface area contributed by atoms with Crippen molar-refractivity contribution in [2.24, 2.45) is 0 Å². The van der Waals surface area contributed by atoms with Gasteiger partial charge in [-0.25, -0.2) is 4.57 Å². The van der Waals surface area contributed by atoms with Crippen molar-refractivity contribution in [3.8, 4) is 5.75 Å². The summed E-state index contributed by atoms with van der Waals surface area (Å²) in [6, 6.07) is 12.2. The zero-order valence-electron chi connectivity index (χ0n) is 14.2. The number of rotatable bonds is 7. The summed E-state index contributed by atoms with van der Waals surface area (Å²) in [6.45, 7) is 5.03. The average molecular weight is 351 g/mol. The van der Waals surface area contributed by atoms with Crippen LogP contribution in [-0.2, 0) is 18.6 Å². The Morgan fingerprint density at radius 2 is 1.75 bits per heavy atom. The second kappa shape index (κ2) is 7.79. The second-order valence-corrected chi connectivity index (χ2v) is 7.42. The lowest BCUT2D eigenvalue weighted by atomic mass is 10.1. The maximum absolute atomic E-state index is 12.7. The van der Waals surface area contributed by atoms with E-state index < -0.39 is 19.8 Å². The highest BCUT2D eigenvalue weighted by Crippen LogP contribution is 2.44. The fraction of sp³-hybridized carbons (Fsp3) is 0.353. The summed E-state index contributed by atoms with van der Waals surface area (Å²) < 4.78 is 28.3. The molecular formula is C17H22NO5P. The molecule has 0 aliphatic carbocycles. The third-order valence-corrected chi connectivity index (χ3v) is 4.88. The zero-order chi connectivity index (χ0) is 17.7. The van der Waals surface area contributed by atoms with Gasteiger partial charge in [0.1, 0.15) is 11.8 Å². The Morgan fingerprint density at radius 3 is 2.38 bits per heavy atom. The minimum atomic E-state index is -3.70. The highest BCUT2D eigenvalue weighted by molar-refractivity contribution is 7.52. The van der Waals surface area contributed by atoms with Gasteiger partial charge in [-0.1, -0.05) is 30.3 Å². The van der Waals surface area contributed by atoms with E-state index in [0.717, 1.165) is 10.8 Å². The van der Waals surface area contributed by atoms with E-state index in [0.29, 0.717) is 5.75 Å². The normalized spacial score (nSPS) is 15.0. The molecule has 0 amide bonds. The Bertz CT molecular complexity index is 761. The first-order valence-electron chi connectivity index (χ1n) is 7.65. The molecule has 2 unspecified atom stereocenters. The molecular weight excluding hydrogens is 329 g/mol. The monoisotopic (exact) mass is 351 g/mol. The first kappa shape index (κ1) is 18.5. The molecule has 0 aliphatic heterocycles. The van der Waals surface area contributed by atoms with Gasteiger partial charge in [0.15, 0.2) is 0 Å². The van der Waals surface area contributed by atoms with Crippen molar-refractivity contribution in [3.05, 3.63) is 42.5 Å². The van der Waals surface area contributed by atoms with E-state index in [4.69, 9.17) is 13.8 Å². The summed E-state index contributed by atoms with van der Waals surface area (Å²) in [7, 11) is -2.45. The van der Waals surface area contributed by atoms with E-state index in [-0.39, 0.29) is 6.10 Å². The van der Waals surface area contributed by atoms with Crippen molar-refractivity contribution in [2.45, 2.75) is 32.9 Å². The van der Waals surface area contributed by atoms with Crippen LogP contribution in [0, 0.1) is 0 Å². The second-order valence-electron chi connectivity index (χ2n) is 5.62. The van der Waals surface area contributed by atoms with Crippen LogP contribution in [0.2, 0.25) is 0 Å². The van der Waals surface area contributed by atoms with Gasteiger partial charge in [0.2, 0.25) is 0 Å². The van der Waals surface area contributed by atoms with Gasteiger partial charge in [-0.05, 0) is 43.7 Å². The number of ether oxygens (including phenoxy) is 1. The Kier molecular flexibility index (Phi) is 5.99. The minimum Gasteiger partial charge on any atom is -0.462 e. The van der Waals surface area contributed by atoms with Crippen molar-refractivity contribution in [1.82, 2.24) is 5.09 Å². The van der Waals surface area contributed by atoms with Crippen LogP contribution in [0.5, 0.6) is 5.75 Å². The van der Waals surface area contributed by atoms with Gasteiger partial charge in [-0.15, -0.1) is 0 Å². The predicted octanol–water partition coefficient (Wildman–Crippen LogP) is 3.90. The van der Waals surface area contributed by atoms with Crippen LogP contribution < -0.4 is 9.61 Å². The van der Waals surface area contributed by atoms with Gasteiger partial charge in [0.05, 0.1) is 6.10 Å².